The first kappa shape index (κ1) is 17.5. The maximum Gasteiger partial charge on any atom is 0.238 e. The summed E-state index contributed by atoms with van der Waals surface area (Å²) in [6.45, 7) is 3.53. The quantitative estimate of drug-likeness (QED) is 0.850. The molecule has 0 saturated carbocycles. The van der Waals surface area contributed by atoms with Crippen molar-refractivity contribution < 1.29 is 9.53 Å². The molecule has 0 unspecified atom stereocenters. The molecule has 0 spiro atoms. The van der Waals surface area contributed by atoms with E-state index in [9.17, 15) is 4.79 Å². The number of nitriles is 1. The Bertz CT molecular complexity index is 720. The summed E-state index contributed by atoms with van der Waals surface area (Å²) in [4.78, 5) is 14.0. The van der Waals surface area contributed by atoms with E-state index in [0.717, 1.165) is 11.3 Å². The van der Waals surface area contributed by atoms with Crippen LogP contribution in [0.25, 0.3) is 0 Å². The topological polar surface area (TPSA) is 65.4 Å². The Balaban J connectivity index is 1.85. The fourth-order valence-corrected chi connectivity index (χ4v) is 2.34. The molecule has 0 saturated heterocycles. The SMILES string of the molecule is CCOc1ccc(CN(C)CC(=O)Nc2cccc(C#N)c2)cc1. The maximum atomic E-state index is 12.1. The van der Waals surface area contributed by atoms with Crippen LogP contribution in [0, 0.1) is 11.3 Å². The van der Waals surface area contributed by atoms with E-state index in [1.165, 1.54) is 0 Å². The van der Waals surface area contributed by atoms with Crippen molar-refractivity contribution in [1.82, 2.24) is 4.90 Å². The molecule has 0 aliphatic carbocycles. The summed E-state index contributed by atoms with van der Waals surface area (Å²) in [5.74, 6) is 0.734. The van der Waals surface area contributed by atoms with Crippen molar-refractivity contribution in [1.29, 1.82) is 5.26 Å². The number of likely N-dealkylation sites (N-methyl/N-ethyl adjacent to an activating group) is 1. The summed E-state index contributed by atoms with van der Waals surface area (Å²) >= 11 is 0. The smallest absolute Gasteiger partial charge is 0.238 e. The number of nitrogens with one attached hydrogen (secondary N) is 1. The van der Waals surface area contributed by atoms with Crippen LogP contribution in [-0.4, -0.2) is 31.0 Å². The maximum absolute atomic E-state index is 12.1. The lowest BCUT2D eigenvalue weighted by atomic mass is 10.2. The lowest BCUT2D eigenvalue weighted by Crippen LogP contribution is -2.29. The zero-order valence-electron chi connectivity index (χ0n) is 14.0. The van der Waals surface area contributed by atoms with E-state index in [1.807, 2.05) is 43.1 Å². The van der Waals surface area contributed by atoms with Crippen molar-refractivity contribution in [2.45, 2.75) is 13.5 Å². The summed E-state index contributed by atoms with van der Waals surface area (Å²) in [5.41, 5.74) is 2.27. The molecule has 5 nitrogen and oxygen atoms in total. The molecule has 0 radical (unpaired) electrons. The highest BCUT2D eigenvalue weighted by molar-refractivity contribution is 5.92. The Labute approximate surface area is 142 Å². The Kier molecular flexibility index (Phi) is 6.35. The predicted octanol–water partition coefficient (Wildman–Crippen LogP) is 3.03. The van der Waals surface area contributed by atoms with Gasteiger partial charge in [-0.2, -0.15) is 5.26 Å². The molecule has 2 rings (SSSR count). The van der Waals surface area contributed by atoms with Crippen LogP contribution in [0.3, 0.4) is 0 Å². The van der Waals surface area contributed by atoms with Crippen LogP contribution in [0.4, 0.5) is 5.69 Å². The highest BCUT2D eigenvalue weighted by Gasteiger charge is 2.08. The third-order valence-electron chi connectivity index (χ3n) is 3.38. The van der Waals surface area contributed by atoms with Gasteiger partial charge in [-0.1, -0.05) is 18.2 Å². The zero-order valence-corrected chi connectivity index (χ0v) is 14.0. The zero-order chi connectivity index (χ0) is 17.4. The molecule has 0 aliphatic heterocycles. The third-order valence-corrected chi connectivity index (χ3v) is 3.38. The molecule has 0 bridgehead atoms. The number of hydrogen-bond acceptors (Lipinski definition) is 4. The van der Waals surface area contributed by atoms with Gasteiger partial charge in [0.2, 0.25) is 5.91 Å². The lowest BCUT2D eigenvalue weighted by Gasteiger charge is -2.16. The lowest BCUT2D eigenvalue weighted by molar-refractivity contribution is -0.117. The van der Waals surface area contributed by atoms with Gasteiger partial charge in [0.25, 0.3) is 0 Å². The Morgan fingerprint density at radius 2 is 2.00 bits per heavy atom. The van der Waals surface area contributed by atoms with Crippen molar-refractivity contribution in [3.63, 3.8) is 0 Å². The van der Waals surface area contributed by atoms with Gasteiger partial charge in [-0.25, -0.2) is 0 Å². The van der Waals surface area contributed by atoms with Crippen molar-refractivity contribution in [3.05, 3.63) is 59.7 Å². The number of rotatable bonds is 7. The van der Waals surface area contributed by atoms with Crippen LogP contribution in [-0.2, 0) is 11.3 Å². The molecule has 2 aromatic carbocycles. The highest BCUT2D eigenvalue weighted by atomic mass is 16.5. The van der Waals surface area contributed by atoms with Crippen LogP contribution in [0.5, 0.6) is 5.75 Å². The largest absolute Gasteiger partial charge is 0.494 e. The molecular formula is C19H21N3O2. The van der Waals surface area contributed by atoms with E-state index >= 15 is 0 Å². The molecule has 1 amide bonds. The monoisotopic (exact) mass is 323 g/mol. The van der Waals surface area contributed by atoms with Crippen LogP contribution in [0.15, 0.2) is 48.5 Å². The Hall–Kier alpha value is -2.84. The van der Waals surface area contributed by atoms with Gasteiger partial charge in [-0.3, -0.25) is 9.69 Å². The van der Waals surface area contributed by atoms with E-state index in [-0.39, 0.29) is 12.5 Å². The first-order valence-corrected chi connectivity index (χ1v) is 7.81. The summed E-state index contributed by atoms with van der Waals surface area (Å²) in [6, 6.07) is 16.8. The Morgan fingerprint density at radius 1 is 1.25 bits per heavy atom. The van der Waals surface area contributed by atoms with Gasteiger partial charge in [-0.05, 0) is 49.9 Å². The second kappa shape index (κ2) is 8.70. The van der Waals surface area contributed by atoms with Gasteiger partial charge >= 0.3 is 0 Å². The van der Waals surface area contributed by atoms with Gasteiger partial charge < -0.3 is 10.1 Å². The second-order valence-electron chi connectivity index (χ2n) is 5.49. The summed E-state index contributed by atoms with van der Waals surface area (Å²) < 4.78 is 5.42. The molecule has 0 fully saturated rings. The Morgan fingerprint density at radius 3 is 2.67 bits per heavy atom. The van der Waals surface area contributed by atoms with E-state index in [2.05, 4.69) is 11.4 Å². The van der Waals surface area contributed by atoms with Gasteiger partial charge in [0.15, 0.2) is 0 Å². The average molecular weight is 323 g/mol. The van der Waals surface area contributed by atoms with Crippen molar-refractivity contribution in [2.24, 2.45) is 0 Å². The summed E-state index contributed by atoms with van der Waals surface area (Å²) in [5, 5.41) is 11.7. The fourth-order valence-electron chi connectivity index (χ4n) is 2.34. The third kappa shape index (κ3) is 5.41. The van der Waals surface area contributed by atoms with Crippen molar-refractivity contribution in [3.8, 4) is 11.8 Å². The molecule has 24 heavy (non-hydrogen) atoms. The standard InChI is InChI=1S/C19H21N3O2/c1-3-24-18-9-7-15(8-10-18)13-22(2)14-19(23)21-17-6-4-5-16(11-17)12-20/h4-11H,3,13-14H2,1-2H3,(H,21,23). The fraction of sp³-hybridized carbons (Fsp3) is 0.263. The van der Waals surface area contributed by atoms with Crippen LogP contribution in [0.2, 0.25) is 0 Å². The number of carbonyl (C=O) groups excluding carboxylic acids is 1. The molecule has 0 aromatic heterocycles. The van der Waals surface area contributed by atoms with E-state index in [4.69, 9.17) is 10.00 Å². The van der Waals surface area contributed by atoms with Crippen molar-refractivity contribution >= 4 is 11.6 Å². The summed E-state index contributed by atoms with van der Waals surface area (Å²) in [7, 11) is 1.89. The first-order chi connectivity index (χ1) is 11.6. The van der Waals surface area contributed by atoms with Crippen LogP contribution >= 0.6 is 0 Å². The molecule has 124 valence electrons. The number of hydrogen-bond donors (Lipinski definition) is 1. The van der Waals surface area contributed by atoms with E-state index in [0.29, 0.717) is 24.4 Å². The van der Waals surface area contributed by atoms with Crippen molar-refractivity contribution in [2.75, 3.05) is 25.5 Å². The number of benzene rings is 2. The van der Waals surface area contributed by atoms with E-state index in [1.54, 1.807) is 24.3 Å². The molecule has 2 aromatic rings. The minimum atomic E-state index is -0.112. The van der Waals surface area contributed by atoms with Crippen LogP contribution in [0.1, 0.15) is 18.1 Å². The van der Waals surface area contributed by atoms with Gasteiger partial charge in [0.1, 0.15) is 5.75 Å². The number of nitrogens with zero attached hydrogens (tertiary/aromatic N) is 2. The molecule has 0 aliphatic rings. The number of amides is 1. The van der Waals surface area contributed by atoms with Gasteiger partial charge in [-0.15, -0.1) is 0 Å². The minimum Gasteiger partial charge on any atom is -0.494 e. The van der Waals surface area contributed by atoms with Gasteiger partial charge in [0.05, 0.1) is 24.8 Å². The molecule has 1 N–H and O–H groups in total. The average Bonchev–Trinajstić information content (AvgIpc) is 2.57. The summed E-state index contributed by atoms with van der Waals surface area (Å²) in [6.07, 6.45) is 0. The highest BCUT2D eigenvalue weighted by Crippen LogP contribution is 2.13. The molecule has 0 heterocycles. The number of carbonyl (C=O) groups is 1. The molecule has 5 heteroatoms. The normalized spacial score (nSPS) is 10.2. The second-order valence-corrected chi connectivity index (χ2v) is 5.49. The number of ether oxygens (including phenoxy) is 1. The van der Waals surface area contributed by atoms with Gasteiger partial charge in [0, 0.05) is 12.2 Å². The first-order valence-electron chi connectivity index (χ1n) is 7.81. The molecule has 0 atom stereocenters. The van der Waals surface area contributed by atoms with Crippen LogP contribution < -0.4 is 10.1 Å². The predicted molar refractivity (Wildman–Crippen MR) is 93.7 cm³/mol. The van der Waals surface area contributed by atoms with E-state index < -0.39 is 0 Å². The number of anilines is 1. The minimum absolute atomic E-state index is 0.112. The molecular weight excluding hydrogens is 302 g/mol.